The summed E-state index contributed by atoms with van der Waals surface area (Å²) < 4.78 is 5.09. The number of amides is 2. The van der Waals surface area contributed by atoms with Gasteiger partial charge in [0.15, 0.2) is 0 Å². The van der Waals surface area contributed by atoms with E-state index in [0.717, 1.165) is 12.8 Å². The lowest BCUT2D eigenvalue weighted by Gasteiger charge is -2.22. The molecule has 0 aromatic rings. The summed E-state index contributed by atoms with van der Waals surface area (Å²) in [6, 6.07) is 2.34. The van der Waals surface area contributed by atoms with Crippen LogP contribution in [0.5, 0.6) is 0 Å². The van der Waals surface area contributed by atoms with Gasteiger partial charge in [-0.25, -0.2) is 4.79 Å². The molecule has 0 aromatic carbocycles. The van der Waals surface area contributed by atoms with E-state index in [1.807, 2.05) is 0 Å². The second-order valence-corrected chi connectivity index (χ2v) is 5.91. The maximum Gasteiger partial charge on any atom is 0.407 e. The highest BCUT2D eigenvalue weighted by Crippen LogP contribution is 2.27. The zero-order valence-electron chi connectivity index (χ0n) is 12.4. The summed E-state index contributed by atoms with van der Waals surface area (Å²) in [6.07, 6.45) is 2.09. The lowest BCUT2D eigenvalue weighted by Crippen LogP contribution is -2.38. The smallest absolute Gasteiger partial charge is 0.407 e. The summed E-state index contributed by atoms with van der Waals surface area (Å²) in [5.41, 5.74) is -0.541. The van der Waals surface area contributed by atoms with E-state index in [-0.39, 0.29) is 24.9 Å². The number of nitrogens with one attached hydrogen (secondary N) is 1. The van der Waals surface area contributed by atoms with Crippen LogP contribution in [0.15, 0.2) is 0 Å². The van der Waals surface area contributed by atoms with Crippen LogP contribution in [0.3, 0.4) is 0 Å². The van der Waals surface area contributed by atoms with Gasteiger partial charge in [-0.3, -0.25) is 4.79 Å². The van der Waals surface area contributed by atoms with Crippen LogP contribution in [0.25, 0.3) is 0 Å². The van der Waals surface area contributed by atoms with Crippen molar-refractivity contribution in [1.82, 2.24) is 10.2 Å². The molecular weight excluding hydrogens is 258 g/mol. The molecular formula is C14H23N3O3. The Balaban J connectivity index is 2.27. The molecule has 0 atom stereocenters. The average Bonchev–Trinajstić information content (AvgIpc) is 3.11. The molecule has 0 bridgehead atoms. The maximum atomic E-state index is 12.0. The fraction of sp³-hybridized carbons (Fsp3) is 0.786. The van der Waals surface area contributed by atoms with E-state index >= 15 is 0 Å². The Bertz CT molecular complexity index is 391. The molecule has 1 saturated carbocycles. The molecule has 0 spiro atoms. The van der Waals surface area contributed by atoms with Crippen LogP contribution in [-0.2, 0) is 9.53 Å². The molecule has 0 aliphatic heterocycles. The van der Waals surface area contributed by atoms with Gasteiger partial charge < -0.3 is 15.0 Å². The molecule has 0 unspecified atom stereocenters. The number of ether oxygens (including phenoxy) is 1. The average molecular weight is 281 g/mol. The summed E-state index contributed by atoms with van der Waals surface area (Å²) in [6.45, 7) is 6.09. The molecule has 0 heterocycles. The standard InChI is InChI=1S/C14H23N3O3/c1-14(2,3)20-13(19)16-9-7-12(18)17(10-4-8-15)11-5-6-11/h11H,4-7,9-10H2,1-3H3,(H,16,19). The third kappa shape index (κ3) is 6.41. The lowest BCUT2D eigenvalue weighted by molar-refractivity contribution is -0.131. The van der Waals surface area contributed by atoms with Crippen LogP contribution in [0.1, 0.15) is 46.5 Å². The van der Waals surface area contributed by atoms with Gasteiger partial charge in [0, 0.05) is 25.6 Å². The van der Waals surface area contributed by atoms with Crippen molar-refractivity contribution in [3.05, 3.63) is 0 Å². The topological polar surface area (TPSA) is 82.4 Å². The van der Waals surface area contributed by atoms with E-state index in [4.69, 9.17) is 10.00 Å². The van der Waals surface area contributed by atoms with Gasteiger partial charge in [-0.15, -0.1) is 0 Å². The van der Waals surface area contributed by atoms with Crippen molar-refractivity contribution < 1.29 is 14.3 Å². The third-order valence-electron chi connectivity index (χ3n) is 2.78. The predicted octanol–water partition coefficient (Wildman–Crippen LogP) is 1.81. The second-order valence-electron chi connectivity index (χ2n) is 5.91. The summed E-state index contributed by atoms with van der Waals surface area (Å²) in [5.74, 6) is -0.0150. The van der Waals surface area contributed by atoms with Gasteiger partial charge in [0.05, 0.1) is 12.5 Å². The van der Waals surface area contributed by atoms with Crippen molar-refractivity contribution in [3.63, 3.8) is 0 Å². The minimum absolute atomic E-state index is 0.0150. The molecule has 0 aromatic heterocycles. The van der Waals surface area contributed by atoms with Crippen LogP contribution in [-0.4, -0.2) is 41.6 Å². The fourth-order valence-electron chi connectivity index (χ4n) is 1.80. The lowest BCUT2D eigenvalue weighted by atomic mass is 10.2. The first-order valence-electron chi connectivity index (χ1n) is 6.97. The zero-order valence-corrected chi connectivity index (χ0v) is 12.4. The number of hydrogen-bond donors (Lipinski definition) is 1. The zero-order chi connectivity index (χ0) is 15.2. The van der Waals surface area contributed by atoms with Gasteiger partial charge in [0.25, 0.3) is 0 Å². The normalized spacial score (nSPS) is 14.3. The van der Waals surface area contributed by atoms with Crippen molar-refractivity contribution in [1.29, 1.82) is 5.26 Å². The van der Waals surface area contributed by atoms with Gasteiger partial charge in [-0.1, -0.05) is 0 Å². The van der Waals surface area contributed by atoms with Crippen LogP contribution in [0, 0.1) is 11.3 Å². The van der Waals surface area contributed by atoms with Crippen molar-refractivity contribution in [2.75, 3.05) is 13.1 Å². The van der Waals surface area contributed by atoms with Crippen molar-refractivity contribution in [2.45, 2.75) is 58.1 Å². The number of nitriles is 1. The Labute approximate surface area is 120 Å². The van der Waals surface area contributed by atoms with Gasteiger partial charge in [0.2, 0.25) is 5.91 Å². The van der Waals surface area contributed by atoms with Crippen molar-refractivity contribution in [2.24, 2.45) is 0 Å². The molecule has 6 heteroatoms. The summed E-state index contributed by atoms with van der Waals surface area (Å²) in [5, 5.41) is 11.2. The molecule has 2 amide bonds. The van der Waals surface area contributed by atoms with E-state index in [1.54, 1.807) is 25.7 Å². The quantitative estimate of drug-likeness (QED) is 0.805. The Morgan fingerprint density at radius 1 is 1.40 bits per heavy atom. The van der Waals surface area contributed by atoms with Crippen LogP contribution < -0.4 is 5.32 Å². The van der Waals surface area contributed by atoms with Gasteiger partial charge in [-0.2, -0.15) is 5.26 Å². The van der Waals surface area contributed by atoms with Gasteiger partial charge in [0.1, 0.15) is 5.60 Å². The van der Waals surface area contributed by atoms with E-state index in [9.17, 15) is 9.59 Å². The van der Waals surface area contributed by atoms with E-state index < -0.39 is 11.7 Å². The minimum Gasteiger partial charge on any atom is -0.444 e. The SMILES string of the molecule is CC(C)(C)OC(=O)NCCC(=O)N(CCC#N)C1CC1. The summed E-state index contributed by atoms with van der Waals surface area (Å²) >= 11 is 0. The van der Waals surface area contributed by atoms with Gasteiger partial charge >= 0.3 is 6.09 Å². The Morgan fingerprint density at radius 3 is 2.55 bits per heavy atom. The summed E-state index contributed by atoms with van der Waals surface area (Å²) in [4.78, 5) is 25.2. The predicted molar refractivity (Wildman–Crippen MR) is 73.8 cm³/mol. The number of carbonyl (C=O) groups excluding carboxylic acids is 2. The van der Waals surface area contributed by atoms with E-state index in [1.165, 1.54) is 0 Å². The molecule has 1 rings (SSSR count). The first kappa shape index (κ1) is 16.3. The maximum absolute atomic E-state index is 12.0. The van der Waals surface area contributed by atoms with E-state index in [2.05, 4.69) is 11.4 Å². The molecule has 1 aliphatic carbocycles. The molecule has 6 nitrogen and oxygen atoms in total. The van der Waals surface area contributed by atoms with Gasteiger partial charge in [-0.05, 0) is 33.6 Å². The first-order valence-corrected chi connectivity index (χ1v) is 6.97. The molecule has 0 saturated heterocycles. The first-order chi connectivity index (χ1) is 9.33. The van der Waals surface area contributed by atoms with E-state index in [0.29, 0.717) is 13.0 Å². The van der Waals surface area contributed by atoms with Crippen LogP contribution in [0.4, 0.5) is 4.79 Å². The highest BCUT2D eigenvalue weighted by atomic mass is 16.6. The Kier molecular flexibility index (Phi) is 5.81. The highest BCUT2D eigenvalue weighted by Gasteiger charge is 2.31. The number of alkyl carbamates (subject to hydrolysis) is 1. The number of carbonyl (C=O) groups is 2. The molecule has 1 fully saturated rings. The molecule has 1 aliphatic rings. The number of hydrogen-bond acceptors (Lipinski definition) is 4. The van der Waals surface area contributed by atoms with Crippen molar-refractivity contribution in [3.8, 4) is 6.07 Å². The minimum atomic E-state index is -0.541. The highest BCUT2D eigenvalue weighted by molar-refractivity contribution is 5.78. The monoisotopic (exact) mass is 281 g/mol. The van der Waals surface area contributed by atoms with Crippen LogP contribution >= 0.6 is 0 Å². The Hall–Kier alpha value is -1.77. The number of rotatable bonds is 6. The fourth-order valence-corrected chi connectivity index (χ4v) is 1.80. The molecule has 0 radical (unpaired) electrons. The largest absolute Gasteiger partial charge is 0.444 e. The molecule has 112 valence electrons. The summed E-state index contributed by atoms with van der Waals surface area (Å²) in [7, 11) is 0. The molecule has 1 N–H and O–H groups in total. The number of nitrogens with zero attached hydrogens (tertiary/aromatic N) is 2. The Morgan fingerprint density at radius 2 is 2.05 bits per heavy atom. The van der Waals surface area contributed by atoms with Crippen molar-refractivity contribution >= 4 is 12.0 Å². The third-order valence-corrected chi connectivity index (χ3v) is 2.78. The molecule has 20 heavy (non-hydrogen) atoms. The van der Waals surface area contributed by atoms with Crippen LogP contribution in [0.2, 0.25) is 0 Å². The second kappa shape index (κ2) is 7.13.